The average molecular weight is 481 g/mol. The minimum absolute atomic E-state index is 0.0851. The standard InChI is InChI=1S/C23H20N4O6S/c28-21(29)10-15-3-5-16(6-4-15)14-27-23(31)26-19-8-7-18(11-20(19)34(27,32)33)22(30)25-13-17-2-1-9-24-12-17/h1-9,11-12H,10,13-14H2,(H,25,30)(H,26,31)(H,28,29). The maximum atomic E-state index is 13.2. The molecule has 1 aliphatic heterocycles. The number of amides is 3. The van der Waals surface area contributed by atoms with E-state index in [1.165, 1.54) is 18.2 Å². The highest BCUT2D eigenvalue weighted by atomic mass is 32.2. The SMILES string of the molecule is O=C(O)Cc1ccc(CN2C(=O)Nc3ccc(C(=O)NCc4cccnc4)cc3S2(=O)=O)cc1. The molecule has 1 aromatic heterocycles. The third-order valence-corrected chi connectivity index (χ3v) is 6.93. The number of nitrogens with one attached hydrogen (secondary N) is 2. The highest BCUT2D eigenvalue weighted by molar-refractivity contribution is 7.90. The number of aliphatic carboxylic acids is 1. The molecule has 0 spiro atoms. The van der Waals surface area contributed by atoms with Crippen LogP contribution in [0.3, 0.4) is 0 Å². The number of carboxylic acids is 1. The van der Waals surface area contributed by atoms with Crippen LogP contribution in [0.5, 0.6) is 0 Å². The Bertz CT molecular complexity index is 1360. The second-order valence-electron chi connectivity index (χ2n) is 7.58. The van der Waals surface area contributed by atoms with Gasteiger partial charge in [0.1, 0.15) is 4.90 Å². The van der Waals surface area contributed by atoms with Crippen molar-refractivity contribution in [3.05, 3.63) is 89.2 Å². The summed E-state index contributed by atoms with van der Waals surface area (Å²) in [5.41, 5.74) is 2.05. The van der Waals surface area contributed by atoms with E-state index < -0.39 is 27.9 Å². The van der Waals surface area contributed by atoms with Crippen molar-refractivity contribution < 1.29 is 27.9 Å². The fourth-order valence-corrected chi connectivity index (χ4v) is 4.93. The summed E-state index contributed by atoms with van der Waals surface area (Å²) in [6.07, 6.45) is 3.06. The molecule has 0 radical (unpaired) electrons. The van der Waals surface area contributed by atoms with Crippen LogP contribution in [0.25, 0.3) is 0 Å². The van der Waals surface area contributed by atoms with Gasteiger partial charge >= 0.3 is 12.0 Å². The lowest BCUT2D eigenvalue weighted by atomic mass is 10.1. The van der Waals surface area contributed by atoms with Gasteiger partial charge in [-0.2, -0.15) is 0 Å². The van der Waals surface area contributed by atoms with E-state index in [2.05, 4.69) is 15.6 Å². The fourth-order valence-electron chi connectivity index (χ4n) is 3.43. The summed E-state index contributed by atoms with van der Waals surface area (Å²) in [6.45, 7) is -0.0321. The number of fused-ring (bicyclic) bond motifs is 1. The molecule has 0 bridgehead atoms. The molecule has 0 atom stereocenters. The molecule has 0 fully saturated rings. The molecule has 10 nitrogen and oxygen atoms in total. The van der Waals surface area contributed by atoms with Crippen LogP contribution in [0, 0.1) is 0 Å². The van der Waals surface area contributed by atoms with Crippen LogP contribution in [-0.2, 0) is 34.3 Å². The number of benzene rings is 2. The molecule has 34 heavy (non-hydrogen) atoms. The van der Waals surface area contributed by atoms with Crippen molar-refractivity contribution in [1.82, 2.24) is 14.6 Å². The highest BCUT2D eigenvalue weighted by Gasteiger charge is 2.37. The smallest absolute Gasteiger partial charge is 0.336 e. The van der Waals surface area contributed by atoms with Crippen LogP contribution < -0.4 is 10.6 Å². The quantitative estimate of drug-likeness (QED) is 0.471. The van der Waals surface area contributed by atoms with Gasteiger partial charge < -0.3 is 15.7 Å². The number of sulfonamides is 1. The minimum Gasteiger partial charge on any atom is -0.481 e. The molecule has 2 heterocycles. The Morgan fingerprint density at radius 2 is 1.76 bits per heavy atom. The Kier molecular flexibility index (Phi) is 6.28. The molecule has 0 saturated carbocycles. The number of carbonyl (C=O) groups is 3. The van der Waals surface area contributed by atoms with Crippen molar-refractivity contribution in [2.45, 2.75) is 24.4 Å². The summed E-state index contributed by atoms with van der Waals surface area (Å²) in [4.78, 5) is 39.7. The van der Waals surface area contributed by atoms with Crippen molar-refractivity contribution >= 4 is 33.6 Å². The van der Waals surface area contributed by atoms with Crippen LogP contribution in [0.1, 0.15) is 27.0 Å². The van der Waals surface area contributed by atoms with Gasteiger partial charge in [-0.1, -0.05) is 30.3 Å². The summed E-state index contributed by atoms with van der Waals surface area (Å²) >= 11 is 0. The van der Waals surface area contributed by atoms with Crippen molar-refractivity contribution in [1.29, 1.82) is 0 Å². The van der Waals surface area contributed by atoms with Gasteiger partial charge in [-0.25, -0.2) is 17.5 Å². The Morgan fingerprint density at radius 3 is 2.44 bits per heavy atom. The van der Waals surface area contributed by atoms with E-state index in [1.807, 2.05) is 0 Å². The molecule has 4 rings (SSSR count). The van der Waals surface area contributed by atoms with E-state index in [0.717, 1.165) is 5.56 Å². The highest BCUT2D eigenvalue weighted by Crippen LogP contribution is 2.32. The predicted molar refractivity (Wildman–Crippen MR) is 121 cm³/mol. The first-order chi connectivity index (χ1) is 16.2. The molecular weight excluding hydrogens is 460 g/mol. The largest absolute Gasteiger partial charge is 0.481 e. The monoisotopic (exact) mass is 480 g/mol. The Morgan fingerprint density at radius 1 is 1.03 bits per heavy atom. The molecule has 1 aliphatic rings. The van der Waals surface area contributed by atoms with Gasteiger partial charge in [0.05, 0.1) is 18.7 Å². The molecule has 3 amide bonds. The zero-order valence-corrected chi connectivity index (χ0v) is 18.6. The predicted octanol–water partition coefficient (Wildman–Crippen LogP) is 2.38. The molecule has 3 N–H and O–H groups in total. The van der Waals surface area contributed by atoms with E-state index in [1.54, 1.807) is 48.8 Å². The molecule has 3 aromatic rings. The molecule has 174 valence electrons. The molecule has 0 saturated heterocycles. The molecule has 0 unspecified atom stereocenters. The molecular formula is C23H20N4O6S. The Labute approximate surface area is 195 Å². The van der Waals surface area contributed by atoms with Crippen LogP contribution in [0.4, 0.5) is 10.5 Å². The van der Waals surface area contributed by atoms with E-state index in [9.17, 15) is 22.8 Å². The number of carboxylic acid groups (broad SMARTS) is 1. The maximum Gasteiger partial charge on any atom is 0.336 e. The van der Waals surface area contributed by atoms with E-state index in [-0.39, 0.29) is 35.7 Å². The van der Waals surface area contributed by atoms with Gasteiger partial charge in [-0.05, 0) is 41.0 Å². The van der Waals surface area contributed by atoms with Crippen molar-refractivity contribution in [2.24, 2.45) is 0 Å². The van der Waals surface area contributed by atoms with Gasteiger partial charge in [-0.15, -0.1) is 0 Å². The first-order valence-electron chi connectivity index (χ1n) is 10.2. The number of rotatable bonds is 7. The second kappa shape index (κ2) is 9.32. The molecule has 0 aliphatic carbocycles. The minimum atomic E-state index is -4.25. The lowest BCUT2D eigenvalue weighted by molar-refractivity contribution is -0.136. The number of carbonyl (C=O) groups excluding carboxylic acids is 2. The third-order valence-electron chi connectivity index (χ3n) is 5.16. The van der Waals surface area contributed by atoms with Gasteiger partial charge in [0, 0.05) is 24.5 Å². The third kappa shape index (κ3) is 4.89. The topological polar surface area (TPSA) is 146 Å². The summed E-state index contributed by atoms with van der Waals surface area (Å²) in [7, 11) is -4.25. The number of urea groups is 1. The van der Waals surface area contributed by atoms with Gasteiger partial charge in [-0.3, -0.25) is 14.6 Å². The summed E-state index contributed by atoms with van der Waals surface area (Å²) in [5.74, 6) is -1.46. The van der Waals surface area contributed by atoms with Crippen LogP contribution in [0.15, 0.2) is 71.9 Å². The van der Waals surface area contributed by atoms with E-state index >= 15 is 0 Å². The Balaban J connectivity index is 1.54. The van der Waals surface area contributed by atoms with Gasteiger partial charge in [0.25, 0.3) is 15.9 Å². The molecule has 2 aromatic carbocycles. The van der Waals surface area contributed by atoms with Crippen LogP contribution in [0.2, 0.25) is 0 Å². The van der Waals surface area contributed by atoms with Gasteiger partial charge in [0.15, 0.2) is 0 Å². The number of pyridine rings is 1. The van der Waals surface area contributed by atoms with E-state index in [0.29, 0.717) is 15.4 Å². The van der Waals surface area contributed by atoms with Crippen molar-refractivity contribution in [3.63, 3.8) is 0 Å². The van der Waals surface area contributed by atoms with Crippen LogP contribution in [-0.4, -0.2) is 40.7 Å². The lowest BCUT2D eigenvalue weighted by Crippen LogP contribution is -2.43. The lowest BCUT2D eigenvalue weighted by Gasteiger charge is -2.29. The first-order valence-corrected chi connectivity index (χ1v) is 11.6. The van der Waals surface area contributed by atoms with Crippen molar-refractivity contribution in [3.8, 4) is 0 Å². The number of hydrogen-bond donors (Lipinski definition) is 3. The average Bonchev–Trinajstić information content (AvgIpc) is 2.81. The Hall–Kier alpha value is -4.25. The van der Waals surface area contributed by atoms with Crippen LogP contribution >= 0.6 is 0 Å². The maximum absolute atomic E-state index is 13.2. The van der Waals surface area contributed by atoms with Gasteiger partial charge in [0.2, 0.25) is 0 Å². The summed E-state index contributed by atoms with van der Waals surface area (Å²) < 4.78 is 27.1. The first kappa shape index (κ1) is 22.9. The number of hydrogen-bond acceptors (Lipinski definition) is 6. The fraction of sp³-hybridized carbons (Fsp3) is 0.130. The number of anilines is 1. The zero-order chi connectivity index (χ0) is 24.3. The van der Waals surface area contributed by atoms with Crippen molar-refractivity contribution in [2.75, 3.05) is 5.32 Å². The molecule has 11 heteroatoms. The zero-order valence-electron chi connectivity index (χ0n) is 17.8. The summed E-state index contributed by atoms with van der Waals surface area (Å²) in [6, 6.07) is 13.0. The summed E-state index contributed by atoms with van der Waals surface area (Å²) in [5, 5.41) is 14.1. The second-order valence-corrected chi connectivity index (χ2v) is 9.41. The normalized spacial score (nSPS) is 14.1. The van der Waals surface area contributed by atoms with E-state index in [4.69, 9.17) is 5.11 Å². The number of nitrogens with zero attached hydrogens (tertiary/aromatic N) is 2. The number of aromatic nitrogens is 1.